The van der Waals surface area contributed by atoms with E-state index >= 15 is 0 Å². The molecule has 0 unspecified atom stereocenters. The molecular weight excluding hydrogens is 380 g/mol. The third kappa shape index (κ3) is 3.90. The van der Waals surface area contributed by atoms with Gasteiger partial charge in [0.25, 0.3) is 0 Å². The van der Waals surface area contributed by atoms with Crippen LogP contribution in [-0.2, 0) is 4.84 Å². The molecule has 0 aliphatic heterocycles. The SMILES string of the molecule is C=CCON=Cc1c(O)c(C)nc2nn(-c3cc(C(=O)O)cc(C(=O)O)c3)cc12. The van der Waals surface area contributed by atoms with Gasteiger partial charge >= 0.3 is 11.9 Å². The Morgan fingerprint density at radius 1 is 1.24 bits per heavy atom. The third-order valence-corrected chi connectivity index (χ3v) is 3.98. The van der Waals surface area contributed by atoms with Crippen LogP contribution >= 0.6 is 0 Å². The van der Waals surface area contributed by atoms with Gasteiger partial charge in [0, 0.05) is 6.20 Å². The summed E-state index contributed by atoms with van der Waals surface area (Å²) in [6.07, 6.45) is 4.30. The number of pyridine rings is 1. The highest BCUT2D eigenvalue weighted by atomic mass is 16.6. The first kappa shape index (κ1) is 19.5. The molecular formula is C19H16N4O6. The largest absolute Gasteiger partial charge is 0.505 e. The number of aromatic nitrogens is 3. The van der Waals surface area contributed by atoms with Gasteiger partial charge in [-0.1, -0.05) is 17.8 Å². The van der Waals surface area contributed by atoms with E-state index < -0.39 is 11.9 Å². The number of carboxylic acid groups (broad SMARTS) is 2. The van der Waals surface area contributed by atoms with E-state index in [1.165, 1.54) is 35.3 Å². The maximum absolute atomic E-state index is 11.3. The van der Waals surface area contributed by atoms with Crippen molar-refractivity contribution < 1.29 is 29.7 Å². The van der Waals surface area contributed by atoms with E-state index in [0.29, 0.717) is 16.6 Å². The number of benzene rings is 1. The first-order valence-corrected chi connectivity index (χ1v) is 8.29. The number of oxime groups is 1. The van der Waals surface area contributed by atoms with E-state index in [0.717, 1.165) is 6.07 Å². The van der Waals surface area contributed by atoms with Crippen molar-refractivity contribution in [3.05, 3.63) is 59.4 Å². The number of hydrogen-bond acceptors (Lipinski definition) is 7. The second-order valence-corrected chi connectivity index (χ2v) is 5.97. The molecule has 3 aromatic rings. The molecule has 0 amide bonds. The molecule has 10 heteroatoms. The summed E-state index contributed by atoms with van der Waals surface area (Å²) in [4.78, 5) is 31.9. The Morgan fingerprint density at radius 3 is 2.48 bits per heavy atom. The Hall–Kier alpha value is -4.21. The predicted molar refractivity (Wildman–Crippen MR) is 103 cm³/mol. The topological polar surface area (TPSA) is 147 Å². The van der Waals surface area contributed by atoms with Gasteiger partial charge < -0.3 is 20.2 Å². The fraction of sp³-hybridized carbons (Fsp3) is 0.105. The molecule has 0 spiro atoms. The summed E-state index contributed by atoms with van der Waals surface area (Å²) < 4.78 is 1.29. The van der Waals surface area contributed by atoms with Gasteiger partial charge in [0.2, 0.25) is 0 Å². The molecule has 0 saturated heterocycles. The highest BCUT2D eigenvalue weighted by molar-refractivity contribution is 6.00. The maximum atomic E-state index is 11.3. The lowest BCUT2D eigenvalue weighted by Crippen LogP contribution is -2.06. The fourth-order valence-corrected chi connectivity index (χ4v) is 2.61. The van der Waals surface area contributed by atoms with Gasteiger partial charge in [0.15, 0.2) is 5.65 Å². The van der Waals surface area contributed by atoms with E-state index in [4.69, 9.17) is 4.84 Å². The molecule has 0 saturated carbocycles. The average molecular weight is 396 g/mol. The lowest BCUT2D eigenvalue weighted by atomic mass is 10.1. The minimum atomic E-state index is -1.27. The van der Waals surface area contributed by atoms with Gasteiger partial charge in [-0.2, -0.15) is 0 Å². The van der Waals surface area contributed by atoms with Crippen LogP contribution in [-0.4, -0.2) is 54.8 Å². The Kier molecular flexibility index (Phi) is 5.26. The lowest BCUT2D eigenvalue weighted by Gasteiger charge is -2.05. The molecule has 0 fully saturated rings. The summed E-state index contributed by atoms with van der Waals surface area (Å²) in [6.45, 7) is 5.28. The predicted octanol–water partition coefficient (Wildman–Crippen LogP) is 2.37. The van der Waals surface area contributed by atoms with Crippen molar-refractivity contribution in [2.24, 2.45) is 5.16 Å². The number of carbonyl (C=O) groups is 2. The Labute approximate surface area is 164 Å². The molecule has 0 aliphatic rings. The molecule has 1 aromatic carbocycles. The number of aromatic carboxylic acids is 2. The van der Waals surface area contributed by atoms with Crippen LogP contribution in [0.5, 0.6) is 5.75 Å². The normalized spacial score (nSPS) is 11.1. The van der Waals surface area contributed by atoms with E-state index in [9.17, 15) is 24.9 Å². The molecule has 2 aromatic heterocycles. The monoisotopic (exact) mass is 396 g/mol. The molecule has 2 heterocycles. The van der Waals surface area contributed by atoms with Crippen molar-refractivity contribution in [2.45, 2.75) is 6.92 Å². The van der Waals surface area contributed by atoms with Crippen molar-refractivity contribution in [1.82, 2.24) is 14.8 Å². The van der Waals surface area contributed by atoms with Crippen molar-refractivity contribution in [1.29, 1.82) is 0 Å². The van der Waals surface area contributed by atoms with Crippen LogP contribution in [0, 0.1) is 6.92 Å². The molecule has 0 radical (unpaired) electrons. The molecule has 10 nitrogen and oxygen atoms in total. The first-order chi connectivity index (χ1) is 13.8. The highest BCUT2D eigenvalue weighted by Gasteiger charge is 2.17. The summed E-state index contributed by atoms with van der Waals surface area (Å²) in [5.41, 5.74) is 0.664. The van der Waals surface area contributed by atoms with Crippen LogP contribution in [0.4, 0.5) is 0 Å². The summed E-state index contributed by atoms with van der Waals surface area (Å²) in [5, 5.41) is 37.3. The average Bonchev–Trinajstić information content (AvgIpc) is 3.10. The van der Waals surface area contributed by atoms with E-state index in [1.54, 1.807) is 6.92 Å². The number of nitrogens with zero attached hydrogens (tertiary/aromatic N) is 4. The minimum absolute atomic E-state index is 0.117. The molecule has 148 valence electrons. The maximum Gasteiger partial charge on any atom is 0.335 e. The van der Waals surface area contributed by atoms with Crippen LogP contribution in [0.15, 0.2) is 42.2 Å². The molecule has 0 atom stereocenters. The fourth-order valence-electron chi connectivity index (χ4n) is 2.61. The number of aryl methyl sites for hydroxylation is 1. The minimum Gasteiger partial charge on any atom is -0.505 e. The Balaban J connectivity index is 2.17. The van der Waals surface area contributed by atoms with Gasteiger partial charge in [-0.3, -0.25) is 0 Å². The van der Waals surface area contributed by atoms with Gasteiger partial charge in [0.05, 0.1) is 39.7 Å². The van der Waals surface area contributed by atoms with Crippen molar-refractivity contribution in [2.75, 3.05) is 6.61 Å². The first-order valence-electron chi connectivity index (χ1n) is 8.29. The van der Waals surface area contributed by atoms with Gasteiger partial charge in [-0.25, -0.2) is 19.3 Å². The number of fused-ring (bicyclic) bond motifs is 1. The van der Waals surface area contributed by atoms with E-state index in [1.807, 2.05) is 0 Å². The zero-order valence-electron chi connectivity index (χ0n) is 15.2. The summed E-state index contributed by atoms with van der Waals surface area (Å²) in [7, 11) is 0. The number of rotatable bonds is 7. The zero-order chi connectivity index (χ0) is 21.1. The summed E-state index contributed by atoms with van der Waals surface area (Å²) in [5.74, 6) is -2.66. The second kappa shape index (κ2) is 7.80. The zero-order valence-corrected chi connectivity index (χ0v) is 15.2. The lowest BCUT2D eigenvalue weighted by molar-refractivity contribution is 0.0696. The van der Waals surface area contributed by atoms with Crippen LogP contribution < -0.4 is 0 Å². The number of hydrogen-bond donors (Lipinski definition) is 3. The summed E-state index contributed by atoms with van der Waals surface area (Å²) >= 11 is 0. The van der Waals surface area contributed by atoms with Gasteiger partial charge in [-0.05, 0) is 25.1 Å². The van der Waals surface area contributed by atoms with Gasteiger partial charge in [-0.15, -0.1) is 5.10 Å². The van der Waals surface area contributed by atoms with Crippen LogP contribution in [0.1, 0.15) is 32.0 Å². The third-order valence-electron chi connectivity index (χ3n) is 3.98. The molecule has 0 bridgehead atoms. The Bertz CT molecular complexity index is 1130. The molecule has 0 aliphatic carbocycles. The van der Waals surface area contributed by atoms with Crippen LogP contribution in [0.2, 0.25) is 0 Å². The smallest absolute Gasteiger partial charge is 0.335 e. The van der Waals surface area contributed by atoms with Crippen LogP contribution in [0.25, 0.3) is 16.7 Å². The molecule has 3 N–H and O–H groups in total. The molecule has 29 heavy (non-hydrogen) atoms. The van der Waals surface area contributed by atoms with Crippen molar-refractivity contribution >= 4 is 29.2 Å². The van der Waals surface area contributed by atoms with Gasteiger partial charge in [0.1, 0.15) is 12.4 Å². The quantitative estimate of drug-likeness (QED) is 0.239. The van der Waals surface area contributed by atoms with Crippen molar-refractivity contribution in [3.63, 3.8) is 0 Å². The van der Waals surface area contributed by atoms with E-state index in [2.05, 4.69) is 21.8 Å². The van der Waals surface area contributed by atoms with E-state index in [-0.39, 0.29) is 34.8 Å². The second-order valence-electron chi connectivity index (χ2n) is 5.97. The molecule has 3 rings (SSSR count). The Morgan fingerprint density at radius 2 is 1.90 bits per heavy atom. The van der Waals surface area contributed by atoms with Crippen molar-refractivity contribution in [3.8, 4) is 11.4 Å². The summed E-state index contributed by atoms with van der Waals surface area (Å²) in [6, 6.07) is 3.63. The number of aromatic hydroxyl groups is 1. The highest BCUT2D eigenvalue weighted by Crippen LogP contribution is 2.28. The van der Waals surface area contributed by atoms with Crippen LogP contribution in [0.3, 0.4) is 0 Å². The standard InChI is InChI=1S/C19H16N4O6/c1-3-4-29-20-8-14-15-9-23(22-17(15)21-10(2)16(14)24)13-6-11(18(25)26)5-12(7-13)19(27)28/h3,5-9,24H,1,4H2,2H3,(H,25,26)(H,27,28). The number of carboxylic acids is 2.